The summed E-state index contributed by atoms with van der Waals surface area (Å²) in [5.74, 6) is -0.368. The molecule has 0 aliphatic carbocycles. The molecule has 0 bridgehead atoms. The van der Waals surface area contributed by atoms with Crippen LogP contribution in [-0.4, -0.2) is 15.8 Å². The highest BCUT2D eigenvalue weighted by Gasteiger charge is 2.01. The van der Waals surface area contributed by atoms with E-state index in [0.717, 1.165) is 18.0 Å². The van der Waals surface area contributed by atoms with Crippen molar-refractivity contribution in [3.63, 3.8) is 0 Å². The topological polar surface area (TPSA) is 34.9 Å². The van der Waals surface area contributed by atoms with Crippen LogP contribution in [0.3, 0.4) is 0 Å². The lowest BCUT2D eigenvalue weighted by Gasteiger charge is -2.04. The zero-order chi connectivity index (χ0) is 10.7. The number of nitrogens with zero attached hydrogens (tertiary/aromatic N) is 2. The van der Waals surface area contributed by atoms with Crippen LogP contribution < -0.4 is 0 Å². The van der Waals surface area contributed by atoms with Gasteiger partial charge in [0.15, 0.2) is 6.29 Å². The smallest absolute Gasteiger partial charge is 0.166 e. The van der Waals surface area contributed by atoms with Crippen molar-refractivity contribution >= 4 is 6.29 Å². The molecule has 0 aliphatic rings. The zero-order valence-corrected chi connectivity index (χ0v) is 7.93. The summed E-state index contributed by atoms with van der Waals surface area (Å²) in [6, 6.07) is 4.89. The molecule has 0 amide bonds. The maximum Gasteiger partial charge on any atom is 0.166 e. The molecule has 0 N–H and O–H groups in total. The number of aromatic nitrogens is 2. The van der Waals surface area contributed by atoms with E-state index in [0.29, 0.717) is 12.2 Å². The van der Waals surface area contributed by atoms with Gasteiger partial charge in [-0.1, -0.05) is 0 Å². The number of hydrogen-bond donors (Lipinski definition) is 0. The van der Waals surface area contributed by atoms with Crippen LogP contribution in [0.15, 0.2) is 36.8 Å². The quantitative estimate of drug-likeness (QED) is 0.715. The summed E-state index contributed by atoms with van der Waals surface area (Å²) in [4.78, 5) is 14.4. The molecular weight excluding hydrogens is 195 g/mol. The van der Waals surface area contributed by atoms with Crippen molar-refractivity contribution in [3.05, 3.63) is 53.9 Å². The van der Waals surface area contributed by atoms with E-state index in [4.69, 9.17) is 0 Å². The Hall–Kier alpha value is -1.97. The summed E-state index contributed by atoms with van der Waals surface area (Å²) in [6.07, 6.45) is 5.28. The summed E-state index contributed by atoms with van der Waals surface area (Å²) in [6.45, 7) is 0.450. The van der Waals surface area contributed by atoms with Gasteiger partial charge in [0.2, 0.25) is 0 Å². The fourth-order valence-corrected chi connectivity index (χ4v) is 1.42. The fourth-order valence-electron chi connectivity index (χ4n) is 1.42. The monoisotopic (exact) mass is 204 g/mol. The van der Waals surface area contributed by atoms with Crippen LogP contribution in [0, 0.1) is 5.82 Å². The van der Waals surface area contributed by atoms with E-state index >= 15 is 0 Å². The average Bonchev–Trinajstić information content (AvgIpc) is 2.65. The Morgan fingerprint density at radius 2 is 2.33 bits per heavy atom. The molecule has 2 rings (SSSR count). The van der Waals surface area contributed by atoms with Gasteiger partial charge in [-0.05, 0) is 23.8 Å². The molecule has 0 unspecified atom stereocenters. The van der Waals surface area contributed by atoms with Crippen molar-refractivity contribution in [1.29, 1.82) is 0 Å². The van der Waals surface area contributed by atoms with Gasteiger partial charge >= 0.3 is 0 Å². The van der Waals surface area contributed by atoms with E-state index < -0.39 is 0 Å². The van der Waals surface area contributed by atoms with E-state index in [1.165, 1.54) is 6.07 Å². The van der Waals surface area contributed by atoms with Crippen LogP contribution in [0.4, 0.5) is 4.39 Å². The van der Waals surface area contributed by atoms with E-state index in [1.807, 2.05) is 0 Å². The number of carbonyl (C=O) groups excluding carboxylic acids is 1. The van der Waals surface area contributed by atoms with E-state index in [2.05, 4.69) is 4.98 Å². The Kier molecular flexibility index (Phi) is 2.58. The molecule has 2 aromatic heterocycles. The van der Waals surface area contributed by atoms with Crippen LogP contribution in [0.1, 0.15) is 16.1 Å². The van der Waals surface area contributed by atoms with Crippen molar-refractivity contribution in [2.75, 3.05) is 0 Å². The van der Waals surface area contributed by atoms with Crippen LogP contribution >= 0.6 is 0 Å². The Bertz CT molecular complexity index is 479. The molecular formula is C11H9FN2O. The Morgan fingerprint density at radius 1 is 1.47 bits per heavy atom. The second-order valence-electron chi connectivity index (χ2n) is 3.19. The number of hydrogen-bond acceptors (Lipinski definition) is 2. The lowest BCUT2D eigenvalue weighted by molar-refractivity contribution is 0.111. The molecule has 4 heteroatoms. The number of halogens is 1. The van der Waals surface area contributed by atoms with Gasteiger partial charge in [0.1, 0.15) is 5.82 Å². The van der Waals surface area contributed by atoms with Gasteiger partial charge in [-0.25, -0.2) is 4.39 Å². The lowest BCUT2D eigenvalue weighted by atomic mass is 10.3. The first-order chi connectivity index (χ1) is 7.29. The maximum atomic E-state index is 12.8. The minimum Gasteiger partial charge on any atom is -0.341 e. The second kappa shape index (κ2) is 4.04. The first-order valence-corrected chi connectivity index (χ1v) is 4.49. The van der Waals surface area contributed by atoms with Gasteiger partial charge in [-0.15, -0.1) is 0 Å². The highest BCUT2D eigenvalue weighted by atomic mass is 19.1. The van der Waals surface area contributed by atoms with Crippen LogP contribution in [-0.2, 0) is 6.54 Å². The molecule has 0 aliphatic heterocycles. The largest absolute Gasteiger partial charge is 0.341 e. The standard InChI is InChI=1S/C11H9FN2O/c12-10-4-9(5-13-6-10)7-14-3-1-2-11(14)8-15/h1-6,8H,7H2. The van der Waals surface area contributed by atoms with Crippen LogP contribution in [0.5, 0.6) is 0 Å². The fraction of sp³-hybridized carbons (Fsp3) is 0.0909. The van der Waals surface area contributed by atoms with Crippen molar-refractivity contribution in [1.82, 2.24) is 9.55 Å². The lowest BCUT2D eigenvalue weighted by Crippen LogP contribution is -2.02. The summed E-state index contributed by atoms with van der Waals surface area (Å²) >= 11 is 0. The molecule has 76 valence electrons. The van der Waals surface area contributed by atoms with Crippen molar-refractivity contribution in [3.8, 4) is 0 Å². The Balaban J connectivity index is 2.25. The molecule has 0 spiro atoms. The molecule has 0 saturated heterocycles. The van der Waals surface area contributed by atoms with Crippen molar-refractivity contribution in [2.45, 2.75) is 6.54 Å². The summed E-state index contributed by atoms with van der Waals surface area (Å²) in [7, 11) is 0. The minimum atomic E-state index is -0.368. The van der Waals surface area contributed by atoms with Gasteiger partial charge in [0, 0.05) is 18.9 Å². The van der Waals surface area contributed by atoms with E-state index in [1.54, 1.807) is 29.1 Å². The van der Waals surface area contributed by atoms with E-state index in [9.17, 15) is 9.18 Å². The summed E-state index contributed by atoms with van der Waals surface area (Å²) < 4.78 is 14.6. The van der Waals surface area contributed by atoms with Crippen molar-refractivity contribution in [2.24, 2.45) is 0 Å². The third kappa shape index (κ3) is 2.10. The summed E-state index contributed by atoms with van der Waals surface area (Å²) in [5, 5.41) is 0. The third-order valence-electron chi connectivity index (χ3n) is 2.10. The number of rotatable bonds is 3. The molecule has 0 fully saturated rings. The molecule has 0 saturated carbocycles. The molecule has 2 heterocycles. The molecule has 15 heavy (non-hydrogen) atoms. The van der Waals surface area contributed by atoms with Gasteiger partial charge in [0.25, 0.3) is 0 Å². The third-order valence-corrected chi connectivity index (χ3v) is 2.10. The van der Waals surface area contributed by atoms with Crippen LogP contribution in [0.2, 0.25) is 0 Å². The predicted octanol–water partition coefficient (Wildman–Crippen LogP) is 1.88. The van der Waals surface area contributed by atoms with Gasteiger partial charge in [-0.3, -0.25) is 9.78 Å². The van der Waals surface area contributed by atoms with Crippen LogP contribution in [0.25, 0.3) is 0 Å². The molecule has 0 radical (unpaired) electrons. The molecule has 0 aromatic carbocycles. The second-order valence-corrected chi connectivity index (χ2v) is 3.19. The van der Waals surface area contributed by atoms with Gasteiger partial charge in [-0.2, -0.15) is 0 Å². The summed E-state index contributed by atoms with van der Waals surface area (Å²) in [5.41, 5.74) is 1.30. The Morgan fingerprint density at radius 3 is 3.07 bits per heavy atom. The van der Waals surface area contributed by atoms with Gasteiger partial charge in [0.05, 0.1) is 11.9 Å². The average molecular weight is 204 g/mol. The number of carbonyl (C=O) groups is 1. The predicted molar refractivity (Wildman–Crippen MR) is 53.1 cm³/mol. The Labute approximate surface area is 86.2 Å². The zero-order valence-electron chi connectivity index (χ0n) is 7.93. The van der Waals surface area contributed by atoms with Crippen molar-refractivity contribution < 1.29 is 9.18 Å². The first kappa shape index (κ1) is 9.58. The highest BCUT2D eigenvalue weighted by Crippen LogP contribution is 2.06. The minimum absolute atomic E-state index is 0.368. The SMILES string of the molecule is O=Cc1cccn1Cc1cncc(F)c1. The van der Waals surface area contributed by atoms with Gasteiger partial charge < -0.3 is 4.57 Å². The first-order valence-electron chi connectivity index (χ1n) is 4.49. The highest BCUT2D eigenvalue weighted by molar-refractivity contribution is 5.72. The number of pyridine rings is 1. The molecule has 2 aromatic rings. The normalized spacial score (nSPS) is 10.2. The molecule has 0 atom stereocenters. The van der Waals surface area contributed by atoms with E-state index in [-0.39, 0.29) is 5.82 Å². The number of aldehydes is 1. The maximum absolute atomic E-state index is 12.8. The molecule has 3 nitrogen and oxygen atoms in total.